The van der Waals surface area contributed by atoms with Gasteiger partial charge in [0.15, 0.2) is 0 Å². The Balaban J connectivity index is 1.99. The van der Waals surface area contributed by atoms with E-state index in [1.807, 2.05) is 38.1 Å². The van der Waals surface area contributed by atoms with Crippen LogP contribution in [0.15, 0.2) is 48.5 Å². The van der Waals surface area contributed by atoms with Gasteiger partial charge in [-0.25, -0.2) is 0 Å². The molecule has 2 aromatic rings. The average Bonchev–Trinajstić information content (AvgIpc) is 2.46. The summed E-state index contributed by atoms with van der Waals surface area (Å²) in [7, 11) is 0. The second kappa shape index (κ2) is 6.89. The molecule has 4 heteroatoms. The van der Waals surface area contributed by atoms with Crippen LogP contribution in [0.5, 0.6) is 0 Å². The van der Waals surface area contributed by atoms with Gasteiger partial charge in [-0.15, -0.1) is 0 Å². The van der Waals surface area contributed by atoms with Crippen LogP contribution in [-0.2, 0) is 4.79 Å². The lowest BCUT2D eigenvalue weighted by atomic mass is 10.1. The van der Waals surface area contributed by atoms with Crippen LogP contribution in [0.2, 0.25) is 0 Å². The number of carbonyl (C=O) groups is 2. The summed E-state index contributed by atoms with van der Waals surface area (Å²) in [6.07, 6.45) is 0. The third-order valence-electron chi connectivity index (χ3n) is 3.27. The number of amides is 2. The molecule has 0 saturated carbocycles. The second-order valence-electron chi connectivity index (χ2n) is 5.43. The first-order valence-corrected chi connectivity index (χ1v) is 7.21. The van der Waals surface area contributed by atoms with E-state index in [4.69, 9.17) is 0 Å². The minimum Gasteiger partial charge on any atom is -0.341 e. The number of hydrogen-bond acceptors (Lipinski definition) is 2. The molecule has 0 heterocycles. The van der Waals surface area contributed by atoms with Crippen molar-refractivity contribution >= 4 is 17.5 Å². The Kier molecular flexibility index (Phi) is 4.94. The monoisotopic (exact) mass is 296 g/mol. The highest BCUT2D eigenvalue weighted by atomic mass is 16.2. The fraction of sp³-hybridized carbons (Fsp3) is 0.222. The van der Waals surface area contributed by atoms with Crippen LogP contribution in [0.3, 0.4) is 0 Å². The number of anilines is 1. The summed E-state index contributed by atoms with van der Waals surface area (Å²) in [6.45, 7) is 5.62. The van der Waals surface area contributed by atoms with Crippen molar-refractivity contribution in [3.63, 3.8) is 0 Å². The number of rotatable bonds is 4. The van der Waals surface area contributed by atoms with Crippen molar-refractivity contribution < 1.29 is 9.59 Å². The summed E-state index contributed by atoms with van der Waals surface area (Å²) in [5.74, 6) is -0.502. The van der Waals surface area contributed by atoms with Crippen LogP contribution in [0.4, 0.5) is 5.69 Å². The van der Waals surface area contributed by atoms with Crippen molar-refractivity contribution in [1.82, 2.24) is 5.32 Å². The molecule has 0 aliphatic rings. The van der Waals surface area contributed by atoms with E-state index in [0.717, 1.165) is 16.8 Å². The van der Waals surface area contributed by atoms with E-state index in [0.29, 0.717) is 5.56 Å². The van der Waals surface area contributed by atoms with Crippen LogP contribution in [0.1, 0.15) is 28.4 Å². The minimum atomic E-state index is -0.617. The van der Waals surface area contributed by atoms with Gasteiger partial charge in [-0.05, 0) is 56.2 Å². The summed E-state index contributed by atoms with van der Waals surface area (Å²) >= 11 is 0. The van der Waals surface area contributed by atoms with Crippen molar-refractivity contribution in [3.05, 3.63) is 65.2 Å². The van der Waals surface area contributed by atoms with Crippen LogP contribution in [0, 0.1) is 13.8 Å². The molecule has 0 saturated heterocycles. The molecule has 114 valence electrons. The SMILES string of the molecule is Cc1cc(C)cc(NC(=O)C(C)NC(=O)c2ccccc2)c1. The Hall–Kier alpha value is -2.62. The normalized spacial score (nSPS) is 11.6. The average molecular weight is 296 g/mol. The molecule has 2 amide bonds. The molecular weight excluding hydrogens is 276 g/mol. The first kappa shape index (κ1) is 15.8. The van der Waals surface area contributed by atoms with Gasteiger partial charge >= 0.3 is 0 Å². The highest BCUT2D eigenvalue weighted by Gasteiger charge is 2.16. The molecule has 1 atom stereocenters. The van der Waals surface area contributed by atoms with Crippen molar-refractivity contribution in [1.29, 1.82) is 0 Å². The number of carbonyl (C=O) groups excluding carboxylic acids is 2. The molecule has 0 aliphatic carbocycles. The molecule has 0 fully saturated rings. The Morgan fingerprint density at radius 3 is 2.14 bits per heavy atom. The summed E-state index contributed by atoms with van der Waals surface area (Å²) < 4.78 is 0. The largest absolute Gasteiger partial charge is 0.341 e. The Labute approximate surface area is 130 Å². The van der Waals surface area contributed by atoms with Gasteiger partial charge in [0.05, 0.1) is 0 Å². The number of aryl methyl sites for hydroxylation is 2. The lowest BCUT2D eigenvalue weighted by Gasteiger charge is -2.15. The van der Waals surface area contributed by atoms with Crippen LogP contribution in [-0.4, -0.2) is 17.9 Å². The van der Waals surface area contributed by atoms with E-state index in [-0.39, 0.29) is 11.8 Å². The van der Waals surface area contributed by atoms with E-state index < -0.39 is 6.04 Å². The smallest absolute Gasteiger partial charge is 0.251 e. The van der Waals surface area contributed by atoms with E-state index >= 15 is 0 Å². The first-order chi connectivity index (χ1) is 10.5. The third-order valence-corrected chi connectivity index (χ3v) is 3.27. The van der Waals surface area contributed by atoms with E-state index in [9.17, 15) is 9.59 Å². The van der Waals surface area contributed by atoms with Gasteiger partial charge in [-0.3, -0.25) is 9.59 Å². The van der Waals surface area contributed by atoms with Gasteiger partial charge in [-0.2, -0.15) is 0 Å². The van der Waals surface area contributed by atoms with Gasteiger partial charge in [0.2, 0.25) is 5.91 Å². The van der Waals surface area contributed by atoms with E-state index in [1.54, 1.807) is 31.2 Å². The predicted octanol–water partition coefficient (Wildman–Crippen LogP) is 3.06. The van der Waals surface area contributed by atoms with Gasteiger partial charge < -0.3 is 10.6 Å². The van der Waals surface area contributed by atoms with Crippen molar-refractivity contribution in [3.8, 4) is 0 Å². The maximum Gasteiger partial charge on any atom is 0.251 e. The van der Waals surface area contributed by atoms with Crippen LogP contribution < -0.4 is 10.6 Å². The molecule has 4 nitrogen and oxygen atoms in total. The minimum absolute atomic E-state index is 0.241. The summed E-state index contributed by atoms with van der Waals surface area (Å²) in [4.78, 5) is 24.2. The fourth-order valence-electron chi connectivity index (χ4n) is 2.23. The molecule has 0 spiro atoms. The van der Waals surface area contributed by atoms with Crippen LogP contribution in [0.25, 0.3) is 0 Å². The number of benzene rings is 2. The summed E-state index contributed by atoms with van der Waals surface area (Å²) in [5, 5.41) is 5.52. The maximum atomic E-state index is 12.2. The highest BCUT2D eigenvalue weighted by molar-refractivity contribution is 6.00. The molecule has 0 aliphatic heterocycles. The lowest BCUT2D eigenvalue weighted by Crippen LogP contribution is -2.41. The molecule has 0 aromatic heterocycles. The zero-order chi connectivity index (χ0) is 16.1. The quantitative estimate of drug-likeness (QED) is 0.911. The van der Waals surface area contributed by atoms with Crippen molar-refractivity contribution in [2.45, 2.75) is 26.8 Å². The molecule has 2 N–H and O–H groups in total. The molecule has 0 radical (unpaired) electrons. The first-order valence-electron chi connectivity index (χ1n) is 7.21. The molecule has 2 aromatic carbocycles. The van der Waals surface area contributed by atoms with Gasteiger partial charge in [-0.1, -0.05) is 24.3 Å². The van der Waals surface area contributed by atoms with Crippen molar-refractivity contribution in [2.24, 2.45) is 0 Å². The Bertz CT molecular complexity index is 660. The standard InChI is InChI=1S/C18H20N2O2/c1-12-9-13(2)11-16(10-12)20-17(21)14(3)19-18(22)15-7-5-4-6-8-15/h4-11,14H,1-3H3,(H,19,22)(H,20,21). The predicted molar refractivity (Wildman–Crippen MR) is 87.9 cm³/mol. The molecule has 22 heavy (non-hydrogen) atoms. The van der Waals surface area contributed by atoms with E-state index in [2.05, 4.69) is 10.6 Å². The molecule has 2 rings (SSSR count). The molecular formula is C18H20N2O2. The van der Waals surface area contributed by atoms with Crippen molar-refractivity contribution in [2.75, 3.05) is 5.32 Å². The van der Waals surface area contributed by atoms with Crippen LogP contribution >= 0.6 is 0 Å². The zero-order valence-corrected chi connectivity index (χ0v) is 13.0. The van der Waals surface area contributed by atoms with E-state index in [1.165, 1.54) is 0 Å². The molecule has 1 unspecified atom stereocenters. The maximum absolute atomic E-state index is 12.2. The lowest BCUT2D eigenvalue weighted by molar-refractivity contribution is -0.117. The zero-order valence-electron chi connectivity index (χ0n) is 13.0. The number of nitrogens with one attached hydrogen (secondary N) is 2. The van der Waals surface area contributed by atoms with Gasteiger partial charge in [0.25, 0.3) is 5.91 Å². The van der Waals surface area contributed by atoms with Gasteiger partial charge in [0, 0.05) is 11.3 Å². The summed E-state index contributed by atoms with van der Waals surface area (Å²) in [5.41, 5.74) is 3.43. The Morgan fingerprint density at radius 2 is 1.55 bits per heavy atom. The molecule has 0 bridgehead atoms. The topological polar surface area (TPSA) is 58.2 Å². The third kappa shape index (κ3) is 4.19. The Morgan fingerprint density at radius 1 is 0.955 bits per heavy atom. The number of hydrogen-bond donors (Lipinski definition) is 2. The highest BCUT2D eigenvalue weighted by Crippen LogP contribution is 2.14. The van der Waals surface area contributed by atoms with Gasteiger partial charge in [0.1, 0.15) is 6.04 Å². The summed E-state index contributed by atoms with van der Waals surface area (Å²) in [6, 6.07) is 14.1. The fourth-order valence-corrected chi connectivity index (χ4v) is 2.23. The second-order valence-corrected chi connectivity index (χ2v) is 5.43.